The second-order valence-corrected chi connectivity index (χ2v) is 5.33. The lowest BCUT2D eigenvalue weighted by Crippen LogP contribution is -2.05. The van der Waals surface area contributed by atoms with Crippen molar-refractivity contribution >= 4 is 27.7 Å². The van der Waals surface area contributed by atoms with Crippen molar-refractivity contribution in [3.8, 4) is 0 Å². The van der Waals surface area contributed by atoms with Crippen LogP contribution >= 0.6 is 27.7 Å². The van der Waals surface area contributed by atoms with Crippen LogP contribution < -0.4 is 0 Å². The standard InChI is InChI=1S/C10H10BrFN4OS/c11-8-3-7(4-9(12)5-8)6-18-10-13-14-15-16(10)1-2-17/h3-5,17H,1-2,6H2. The van der Waals surface area contributed by atoms with Crippen LogP contribution in [0.2, 0.25) is 0 Å². The van der Waals surface area contributed by atoms with E-state index < -0.39 is 0 Å². The van der Waals surface area contributed by atoms with Crippen molar-refractivity contribution in [3.63, 3.8) is 0 Å². The fourth-order valence-corrected chi connectivity index (χ4v) is 2.72. The van der Waals surface area contributed by atoms with Gasteiger partial charge >= 0.3 is 0 Å². The van der Waals surface area contributed by atoms with E-state index >= 15 is 0 Å². The highest BCUT2D eigenvalue weighted by atomic mass is 79.9. The molecule has 5 nitrogen and oxygen atoms in total. The Kier molecular flexibility index (Phi) is 4.67. The second-order valence-electron chi connectivity index (χ2n) is 3.47. The Morgan fingerprint density at radius 3 is 2.94 bits per heavy atom. The van der Waals surface area contributed by atoms with Gasteiger partial charge in [-0.1, -0.05) is 27.7 Å². The van der Waals surface area contributed by atoms with Gasteiger partial charge in [-0.15, -0.1) is 5.10 Å². The monoisotopic (exact) mass is 332 g/mol. The molecule has 18 heavy (non-hydrogen) atoms. The average Bonchev–Trinajstić information content (AvgIpc) is 2.73. The van der Waals surface area contributed by atoms with E-state index in [2.05, 4.69) is 31.5 Å². The Morgan fingerprint density at radius 1 is 1.39 bits per heavy atom. The number of nitrogens with zero attached hydrogens (tertiary/aromatic N) is 4. The number of hydrogen-bond donors (Lipinski definition) is 1. The molecule has 0 unspecified atom stereocenters. The fourth-order valence-electron chi connectivity index (χ4n) is 1.38. The third kappa shape index (κ3) is 3.50. The molecule has 0 saturated heterocycles. The van der Waals surface area contributed by atoms with Crippen molar-refractivity contribution in [3.05, 3.63) is 34.1 Å². The number of aliphatic hydroxyl groups is 1. The summed E-state index contributed by atoms with van der Waals surface area (Å²) in [7, 11) is 0. The highest BCUT2D eigenvalue weighted by Gasteiger charge is 2.07. The first kappa shape index (κ1) is 13.4. The lowest BCUT2D eigenvalue weighted by Gasteiger charge is -2.03. The summed E-state index contributed by atoms with van der Waals surface area (Å²) >= 11 is 4.64. The van der Waals surface area contributed by atoms with E-state index in [9.17, 15) is 4.39 Å². The van der Waals surface area contributed by atoms with Crippen molar-refractivity contribution in [2.24, 2.45) is 0 Å². The van der Waals surface area contributed by atoms with E-state index in [0.717, 1.165) is 5.56 Å². The number of aromatic nitrogens is 4. The summed E-state index contributed by atoms with van der Waals surface area (Å²) in [5, 5.41) is 20.6. The summed E-state index contributed by atoms with van der Waals surface area (Å²) in [6.07, 6.45) is 0. The molecule has 0 radical (unpaired) electrons. The molecule has 1 heterocycles. The molecule has 0 atom stereocenters. The molecule has 0 aliphatic heterocycles. The molecule has 0 saturated carbocycles. The molecule has 0 aliphatic rings. The van der Waals surface area contributed by atoms with E-state index in [1.807, 2.05) is 6.07 Å². The van der Waals surface area contributed by atoms with Crippen molar-refractivity contribution in [1.29, 1.82) is 0 Å². The lowest BCUT2D eigenvalue weighted by molar-refractivity contribution is 0.262. The van der Waals surface area contributed by atoms with Crippen molar-refractivity contribution in [2.75, 3.05) is 6.61 Å². The minimum atomic E-state index is -0.282. The molecule has 96 valence electrons. The highest BCUT2D eigenvalue weighted by Crippen LogP contribution is 2.23. The molecule has 0 fully saturated rings. The Balaban J connectivity index is 2.04. The van der Waals surface area contributed by atoms with Gasteiger partial charge in [-0.3, -0.25) is 0 Å². The first-order chi connectivity index (χ1) is 8.69. The molecule has 1 aromatic carbocycles. The summed E-state index contributed by atoms with van der Waals surface area (Å²) in [6, 6.07) is 4.72. The van der Waals surface area contributed by atoms with E-state index in [4.69, 9.17) is 5.11 Å². The van der Waals surface area contributed by atoms with E-state index in [1.165, 1.54) is 28.6 Å². The minimum Gasteiger partial charge on any atom is -0.394 e. The Morgan fingerprint density at radius 2 is 2.22 bits per heavy atom. The third-order valence-electron chi connectivity index (χ3n) is 2.10. The predicted octanol–water partition coefficient (Wildman–Crippen LogP) is 1.86. The van der Waals surface area contributed by atoms with Crippen molar-refractivity contribution in [1.82, 2.24) is 20.2 Å². The number of aliphatic hydroxyl groups excluding tert-OH is 1. The molecule has 0 amide bonds. The Bertz CT molecular complexity index is 516. The van der Waals surface area contributed by atoms with Gasteiger partial charge in [0.15, 0.2) is 0 Å². The van der Waals surface area contributed by atoms with Gasteiger partial charge in [0, 0.05) is 10.2 Å². The zero-order chi connectivity index (χ0) is 13.0. The van der Waals surface area contributed by atoms with Crippen LogP contribution in [0.1, 0.15) is 5.56 Å². The SMILES string of the molecule is OCCn1nnnc1SCc1cc(F)cc(Br)c1. The van der Waals surface area contributed by atoms with Crippen molar-refractivity contribution < 1.29 is 9.50 Å². The largest absolute Gasteiger partial charge is 0.394 e. The van der Waals surface area contributed by atoms with Gasteiger partial charge in [0.2, 0.25) is 5.16 Å². The van der Waals surface area contributed by atoms with Gasteiger partial charge in [0.05, 0.1) is 13.2 Å². The number of thioether (sulfide) groups is 1. The zero-order valence-electron chi connectivity index (χ0n) is 9.25. The van der Waals surface area contributed by atoms with E-state index in [1.54, 1.807) is 0 Å². The Hall–Kier alpha value is -0.990. The molecule has 1 aromatic heterocycles. The minimum absolute atomic E-state index is 0.0237. The van der Waals surface area contributed by atoms with Crippen LogP contribution in [-0.4, -0.2) is 31.9 Å². The van der Waals surface area contributed by atoms with Gasteiger partial charge in [0.1, 0.15) is 5.82 Å². The number of rotatable bonds is 5. The lowest BCUT2D eigenvalue weighted by atomic mass is 10.2. The smallest absolute Gasteiger partial charge is 0.209 e. The molecule has 0 aliphatic carbocycles. The zero-order valence-corrected chi connectivity index (χ0v) is 11.7. The molecular weight excluding hydrogens is 323 g/mol. The molecule has 2 aromatic rings. The number of halogens is 2. The summed E-state index contributed by atoms with van der Waals surface area (Å²) in [5.41, 5.74) is 0.838. The fraction of sp³-hybridized carbons (Fsp3) is 0.300. The molecule has 2 rings (SSSR count). The van der Waals surface area contributed by atoms with Crippen LogP contribution in [-0.2, 0) is 12.3 Å². The maximum absolute atomic E-state index is 13.2. The van der Waals surface area contributed by atoms with Gasteiger partial charge in [-0.2, -0.15) is 0 Å². The quantitative estimate of drug-likeness (QED) is 0.846. The van der Waals surface area contributed by atoms with E-state index in [-0.39, 0.29) is 12.4 Å². The topological polar surface area (TPSA) is 63.8 Å². The summed E-state index contributed by atoms with van der Waals surface area (Å²) in [5.74, 6) is 0.275. The van der Waals surface area contributed by atoms with Gasteiger partial charge in [-0.05, 0) is 34.2 Å². The first-order valence-electron chi connectivity index (χ1n) is 5.14. The second kappa shape index (κ2) is 6.26. The van der Waals surface area contributed by atoms with Crippen LogP contribution in [0.5, 0.6) is 0 Å². The van der Waals surface area contributed by atoms with Crippen molar-refractivity contribution in [2.45, 2.75) is 17.5 Å². The number of hydrogen-bond acceptors (Lipinski definition) is 5. The predicted molar refractivity (Wildman–Crippen MR) is 68.6 cm³/mol. The van der Waals surface area contributed by atoms with Gasteiger partial charge in [-0.25, -0.2) is 9.07 Å². The maximum atomic E-state index is 13.2. The van der Waals surface area contributed by atoms with Gasteiger partial charge in [0.25, 0.3) is 0 Å². The number of tetrazole rings is 1. The molecule has 0 spiro atoms. The van der Waals surface area contributed by atoms with Crippen LogP contribution in [0.3, 0.4) is 0 Å². The molecule has 0 bridgehead atoms. The third-order valence-corrected chi connectivity index (χ3v) is 3.59. The Labute approximate surface area is 116 Å². The van der Waals surface area contributed by atoms with Crippen LogP contribution in [0, 0.1) is 5.82 Å². The summed E-state index contributed by atoms with van der Waals surface area (Å²) in [6.45, 7) is 0.326. The molecule has 8 heteroatoms. The van der Waals surface area contributed by atoms with Crippen LogP contribution in [0.4, 0.5) is 4.39 Å². The maximum Gasteiger partial charge on any atom is 0.209 e. The molecular formula is C10H10BrFN4OS. The first-order valence-corrected chi connectivity index (χ1v) is 6.91. The summed E-state index contributed by atoms with van der Waals surface area (Å²) in [4.78, 5) is 0. The summed E-state index contributed by atoms with van der Waals surface area (Å²) < 4.78 is 15.4. The average molecular weight is 333 g/mol. The highest BCUT2D eigenvalue weighted by molar-refractivity contribution is 9.10. The number of benzene rings is 1. The normalized spacial score (nSPS) is 10.8. The van der Waals surface area contributed by atoms with Crippen LogP contribution in [0.25, 0.3) is 0 Å². The molecule has 1 N–H and O–H groups in total. The van der Waals surface area contributed by atoms with Gasteiger partial charge < -0.3 is 5.11 Å². The van der Waals surface area contributed by atoms with E-state index in [0.29, 0.717) is 21.9 Å². The van der Waals surface area contributed by atoms with Crippen LogP contribution in [0.15, 0.2) is 27.8 Å².